The molecule has 1 aromatic carbocycles. The monoisotopic (exact) mass is 429 g/mol. The van der Waals surface area contributed by atoms with Gasteiger partial charge < -0.3 is 9.64 Å². The van der Waals surface area contributed by atoms with Crippen molar-refractivity contribution in [1.29, 1.82) is 0 Å². The molecular formula is C23H28FN3O4. The van der Waals surface area contributed by atoms with Crippen molar-refractivity contribution < 1.29 is 23.5 Å². The summed E-state index contributed by atoms with van der Waals surface area (Å²) in [6.45, 7) is 12.2. The van der Waals surface area contributed by atoms with Gasteiger partial charge in [0, 0.05) is 38.3 Å². The molecular weight excluding hydrogens is 401 g/mol. The summed E-state index contributed by atoms with van der Waals surface area (Å²) >= 11 is 0. The number of ketones is 1. The predicted molar refractivity (Wildman–Crippen MR) is 115 cm³/mol. The highest BCUT2D eigenvalue weighted by atomic mass is 19.1. The number of ether oxygens (including phenoxy) is 1. The van der Waals surface area contributed by atoms with E-state index in [-0.39, 0.29) is 11.7 Å². The highest BCUT2D eigenvalue weighted by Crippen LogP contribution is 2.45. The van der Waals surface area contributed by atoms with Crippen LogP contribution in [0, 0.1) is 5.82 Å². The fourth-order valence-corrected chi connectivity index (χ4v) is 4.48. The maximum atomic E-state index is 14.3. The van der Waals surface area contributed by atoms with Crippen LogP contribution in [0.25, 0.3) is 5.57 Å². The summed E-state index contributed by atoms with van der Waals surface area (Å²) in [6, 6.07) is 2.55. The Morgan fingerprint density at radius 3 is 2.32 bits per heavy atom. The minimum atomic E-state index is -0.698. The van der Waals surface area contributed by atoms with Crippen LogP contribution in [0.4, 0.5) is 14.9 Å². The number of amides is 2. The van der Waals surface area contributed by atoms with Gasteiger partial charge in [0.1, 0.15) is 11.4 Å². The van der Waals surface area contributed by atoms with Crippen molar-refractivity contribution >= 4 is 29.0 Å². The maximum absolute atomic E-state index is 14.3. The molecule has 3 aliphatic rings. The van der Waals surface area contributed by atoms with Crippen LogP contribution in [-0.2, 0) is 9.53 Å². The van der Waals surface area contributed by atoms with Crippen LogP contribution in [0.1, 0.15) is 50.5 Å². The molecule has 3 aliphatic heterocycles. The van der Waals surface area contributed by atoms with Gasteiger partial charge >= 0.3 is 6.09 Å². The van der Waals surface area contributed by atoms with Crippen molar-refractivity contribution in [1.82, 2.24) is 9.80 Å². The molecule has 0 aliphatic carbocycles. The van der Waals surface area contributed by atoms with Gasteiger partial charge in [-0.05, 0) is 52.3 Å². The molecule has 0 radical (unpaired) electrons. The molecule has 1 aromatic rings. The number of hydrogen-bond acceptors (Lipinski definition) is 5. The van der Waals surface area contributed by atoms with Crippen LogP contribution in [0.5, 0.6) is 0 Å². The highest BCUT2D eigenvalue weighted by Gasteiger charge is 2.47. The van der Waals surface area contributed by atoms with E-state index in [0.29, 0.717) is 44.0 Å². The van der Waals surface area contributed by atoms with Gasteiger partial charge in [-0.2, -0.15) is 0 Å². The van der Waals surface area contributed by atoms with E-state index in [1.807, 2.05) is 40.7 Å². The second-order valence-electron chi connectivity index (χ2n) is 9.89. The summed E-state index contributed by atoms with van der Waals surface area (Å²) in [4.78, 5) is 42.7. The van der Waals surface area contributed by atoms with Crippen LogP contribution < -0.4 is 4.90 Å². The van der Waals surface area contributed by atoms with E-state index in [1.54, 1.807) is 4.90 Å². The number of benzene rings is 1. The lowest BCUT2D eigenvalue weighted by Crippen LogP contribution is -2.51. The van der Waals surface area contributed by atoms with Crippen LogP contribution in [0.2, 0.25) is 0 Å². The van der Waals surface area contributed by atoms with Gasteiger partial charge in [0.25, 0.3) is 11.7 Å². The van der Waals surface area contributed by atoms with Gasteiger partial charge in [-0.3, -0.25) is 19.4 Å². The number of Topliss-reactive ketones (excluding diaryl/α,β-unsaturated/α-hetero) is 1. The quantitative estimate of drug-likeness (QED) is 0.676. The fraction of sp³-hybridized carbons (Fsp3) is 0.522. The molecule has 0 saturated carbocycles. The van der Waals surface area contributed by atoms with Gasteiger partial charge in [0.2, 0.25) is 0 Å². The van der Waals surface area contributed by atoms with Crippen molar-refractivity contribution in [3.63, 3.8) is 0 Å². The van der Waals surface area contributed by atoms with E-state index >= 15 is 0 Å². The zero-order valence-corrected chi connectivity index (χ0v) is 18.6. The number of halogens is 1. The predicted octanol–water partition coefficient (Wildman–Crippen LogP) is 3.08. The zero-order chi connectivity index (χ0) is 22.7. The number of piperazine rings is 1. The van der Waals surface area contributed by atoms with Gasteiger partial charge in [0.15, 0.2) is 0 Å². The molecule has 31 heavy (non-hydrogen) atoms. The number of anilines is 1. The average Bonchev–Trinajstić information content (AvgIpc) is 2.91. The number of rotatable bonds is 2. The third-order valence-corrected chi connectivity index (χ3v) is 5.81. The smallest absolute Gasteiger partial charge is 0.410 e. The number of nitrogens with zero attached hydrogens (tertiary/aromatic N) is 3. The molecule has 166 valence electrons. The Hall–Kier alpha value is -2.74. The number of carbonyl (C=O) groups is 3. The second-order valence-corrected chi connectivity index (χ2v) is 9.89. The Morgan fingerprint density at radius 1 is 1.10 bits per heavy atom. The van der Waals surface area contributed by atoms with Gasteiger partial charge in [-0.15, -0.1) is 0 Å². The van der Waals surface area contributed by atoms with Crippen LogP contribution in [0.3, 0.4) is 0 Å². The lowest BCUT2D eigenvalue weighted by Gasteiger charge is -2.41. The molecule has 7 nitrogen and oxygen atoms in total. The van der Waals surface area contributed by atoms with Crippen molar-refractivity contribution in [2.45, 2.75) is 45.8 Å². The number of hydrogen-bond donors (Lipinski definition) is 0. The summed E-state index contributed by atoms with van der Waals surface area (Å²) in [5.74, 6) is -1.81. The molecule has 8 heteroatoms. The zero-order valence-electron chi connectivity index (χ0n) is 18.6. The topological polar surface area (TPSA) is 70.2 Å². The third-order valence-electron chi connectivity index (χ3n) is 5.81. The highest BCUT2D eigenvalue weighted by molar-refractivity contribution is 6.53. The van der Waals surface area contributed by atoms with Crippen LogP contribution in [0.15, 0.2) is 18.2 Å². The molecule has 1 saturated heterocycles. The Balaban J connectivity index is 1.54. The molecule has 0 aromatic heterocycles. The summed E-state index contributed by atoms with van der Waals surface area (Å²) in [5, 5.41) is 0. The SMILES string of the molecule is CC(C)(C)OC(=O)N1CCN(CC2=CC(C)(C)N3C(=O)C(=O)c4cc(F)cc2c43)CC1. The molecule has 3 heterocycles. The Bertz CT molecular complexity index is 1000. The van der Waals surface area contributed by atoms with E-state index in [1.165, 1.54) is 11.0 Å². The first-order chi connectivity index (χ1) is 14.4. The second kappa shape index (κ2) is 7.15. The molecule has 4 rings (SSSR count). The molecule has 0 bridgehead atoms. The van der Waals surface area contributed by atoms with E-state index in [0.717, 1.165) is 11.6 Å². The van der Waals surface area contributed by atoms with Gasteiger partial charge in [-0.25, -0.2) is 9.18 Å². The average molecular weight is 429 g/mol. The van der Waals surface area contributed by atoms with Gasteiger partial charge in [0.05, 0.1) is 16.8 Å². The van der Waals surface area contributed by atoms with Crippen molar-refractivity contribution in [2.75, 3.05) is 37.6 Å². The molecule has 1 fully saturated rings. The van der Waals surface area contributed by atoms with Crippen molar-refractivity contribution in [2.24, 2.45) is 0 Å². The van der Waals surface area contributed by atoms with E-state index in [2.05, 4.69) is 4.90 Å². The van der Waals surface area contributed by atoms with Crippen molar-refractivity contribution in [3.8, 4) is 0 Å². The lowest BCUT2D eigenvalue weighted by molar-refractivity contribution is -0.115. The molecule has 0 spiro atoms. The Labute approximate surface area is 181 Å². The maximum Gasteiger partial charge on any atom is 0.410 e. The minimum absolute atomic E-state index is 0.133. The van der Waals surface area contributed by atoms with E-state index in [4.69, 9.17) is 4.74 Å². The molecule has 0 unspecified atom stereocenters. The van der Waals surface area contributed by atoms with Crippen LogP contribution >= 0.6 is 0 Å². The van der Waals surface area contributed by atoms with E-state index in [9.17, 15) is 18.8 Å². The van der Waals surface area contributed by atoms with Crippen LogP contribution in [-0.4, -0.2) is 71.4 Å². The molecule has 0 N–H and O–H groups in total. The van der Waals surface area contributed by atoms with Gasteiger partial charge in [-0.1, -0.05) is 6.08 Å². The van der Waals surface area contributed by atoms with E-state index < -0.39 is 28.6 Å². The Morgan fingerprint density at radius 2 is 1.71 bits per heavy atom. The third kappa shape index (κ3) is 3.84. The van der Waals surface area contributed by atoms with Crippen molar-refractivity contribution in [3.05, 3.63) is 35.2 Å². The first kappa shape index (κ1) is 21.5. The summed E-state index contributed by atoms with van der Waals surface area (Å²) < 4.78 is 19.7. The normalized spacial score (nSPS) is 20.6. The fourth-order valence-electron chi connectivity index (χ4n) is 4.48. The molecule has 0 atom stereocenters. The number of carbonyl (C=O) groups excluding carboxylic acids is 3. The Kier molecular flexibility index (Phi) is 4.96. The minimum Gasteiger partial charge on any atom is -0.444 e. The summed E-state index contributed by atoms with van der Waals surface area (Å²) in [7, 11) is 0. The first-order valence-corrected chi connectivity index (χ1v) is 10.5. The standard InChI is InChI=1S/C23H28FN3O4/c1-22(2,3)31-21(30)26-8-6-25(7-9-26)13-14-12-23(4,5)27-18-16(14)10-15(24)11-17(18)19(28)20(27)29/h10-12H,6-9,13H2,1-5H3. The molecule has 2 amide bonds. The summed E-state index contributed by atoms with van der Waals surface area (Å²) in [6.07, 6.45) is 1.62. The first-order valence-electron chi connectivity index (χ1n) is 10.5. The lowest BCUT2D eigenvalue weighted by atomic mass is 9.88. The summed E-state index contributed by atoms with van der Waals surface area (Å²) in [5.41, 5.74) is 0.870. The largest absolute Gasteiger partial charge is 0.444 e.